The van der Waals surface area contributed by atoms with Crippen molar-refractivity contribution < 1.29 is 4.79 Å². The Morgan fingerprint density at radius 3 is 2.74 bits per heavy atom. The van der Waals surface area contributed by atoms with E-state index < -0.39 is 0 Å². The summed E-state index contributed by atoms with van der Waals surface area (Å²) in [5.41, 5.74) is 2.40. The molecule has 1 saturated carbocycles. The van der Waals surface area contributed by atoms with Crippen molar-refractivity contribution in [3.05, 3.63) is 23.5 Å². The van der Waals surface area contributed by atoms with Crippen molar-refractivity contribution in [1.29, 1.82) is 0 Å². The molecule has 0 atom stereocenters. The van der Waals surface area contributed by atoms with Crippen LogP contribution in [-0.2, 0) is 4.79 Å². The van der Waals surface area contributed by atoms with Crippen LogP contribution in [0.1, 0.15) is 24.6 Å². The Morgan fingerprint density at radius 1 is 1.15 bits per heavy atom. The van der Waals surface area contributed by atoms with Gasteiger partial charge in [-0.05, 0) is 25.0 Å². The quantitative estimate of drug-likeness (QED) is 0.681. The van der Waals surface area contributed by atoms with Crippen molar-refractivity contribution in [2.45, 2.75) is 18.8 Å². The van der Waals surface area contributed by atoms with E-state index in [4.69, 9.17) is 5.10 Å². The van der Waals surface area contributed by atoms with Gasteiger partial charge in [0.05, 0.1) is 6.54 Å². The summed E-state index contributed by atoms with van der Waals surface area (Å²) in [7, 11) is 0. The molecular formula is C16H19N9OS. The third-order valence-electron chi connectivity index (χ3n) is 4.89. The van der Waals surface area contributed by atoms with Gasteiger partial charge in [-0.2, -0.15) is 4.52 Å². The molecule has 0 bridgehead atoms. The molecule has 0 unspecified atom stereocenters. The highest BCUT2D eigenvalue weighted by molar-refractivity contribution is 7.13. The van der Waals surface area contributed by atoms with Crippen LogP contribution in [0.2, 0.25) is 0 Å². The van der Waals surface area contributed by atoms with E-state index in [0.717, 1.165) is 43.5 Å². The minimum absolute atomic E-state index is 0.0571. The van der Waals surface area contributed by atoms with E-state index in [-0.39, 0.29) is 5.91 Å². The maximum Gasteiger partial charge on any atom is 0.240 e. The van der Waals surface area contributed by atoms with Crippen molar-refractivity contribution in [2.24, 2.45) is 0 Å². The number of anilines is 2. The number of carbonyl (C=O) groups excluding carboxylic acids is 1. The molecule has 2 fully saturated rings. The van der Waals surface area contributed by atoms with Gasteiger partial charge in [0, 0.05) is 32.1 Å². The minimum atomic E-state index is -0.0571. The third-order valence-corrected chi connectivity index (χ3v) is 5.49. The predicted octanol–water partition coefficient (Wildman–Crippen LogP) is 0.614. The highest BCUT2D eigenvalue weighted by Gasteiger charge is 2.29. The Balaban J connectivity index is 1.21. The molecule has 10 nitrogen and oxygen atoms in total. The van der Waals surface area contributed by atoms with Gasteiger partial charge in [0.25, 0.3) is 0 Å². The Bertz CT molecular complexity index is 944. The van der Waals surface area contributed by atoms with Crippen molar-refractivity contribution in [3.63, 3.8) is 0 Å². The lowest BCUT2D eigenvalue weighted by molar-refractivity contribution is -0.117. The second-order valence-corrected chi connectivity index (χ2v) is 7.68. The first-order chi connectivity index (χ1) is 13.3. The number of carbonyl (C=O) groups is 1. The topological polar surface area (TPSA) is 104 Å². The lowest BCUT2D eigenvalue weighted by Gasteiger charge is -2.34. The molecule has 3 aromatic heterocycles. The normalized spacial score (nSPS) is 18.1. The molecule has 1 amide bonds. The molecule has 1 saturated heterocycles. The molecule has 2 aliphatic rings. The second kappa shape index (κ2) is 6.82. The smallest absolute Gasteiger partial charge is 0.240 e. The fourth-order valence-electron chi connectivity index (χ4n) is 3.29. The van der Waals surface area contributed by atoms with E-state index in [1.54, 1.807) is 5.51 Å². The Kier molecular flexibility index (Phi) is 4.17. The summed E-state index contributed by atoms with van der Waals surface area (Å²) in [6.07, 6.45) is 2.34. The van der Waals surface area contributed by atoms with Gasteiger partial charge in [-0.1, -0.05) is 11.3 Å². The van der Waals surface area contributed by atoms with Gasteiger partial charge in [-0.25, -0.2) is 0 Å². The number of aromatic nitrogens is 6. The molecule has 0 aromatic carbocycles. The van der Waals surface area contributed by atoms with Gasteiger partial charge in [0.2, 0.25) is 11.0 Å². The first kappa shape index (κ1) is 16.5. The van der Waals surface area contributed by atoms with Gasteiger partial charge in [-0.3, -0.25) is 15.0 Å². The monoisotopic (exact) mass is 385 g/mol. The highest BCUT2D eigenvalue weighted by atomic mass is 32.1. The van der Waals surface area contributed by atoms with Gasteiger partial charge in [-0.15, -0.1) is 25.5 Å². The number of hydrogen-bond acceptors (Lipinski definition) is 9. The molecule has 11 heteroatoms. The zero-order valence-electron chi connectivity index (χ0n) is 14.7. The van der Waals surface area contributed by atoms with E-state index in [9.17, 15) is 4.79 Å². The van der Waals surface area contributed by atoms with Crippen molar-refractivity contribution in [1.82, 2.24) is 34.9 Å². The van der Waals surface area contributed by atoms with E-state index >= 15 is 0 Å². The molecule has 0 spiro atoms. The number of fused-ring (bicyclic) bond motifs is 1. The van der Waals surface area contributed by atoms with Gasteiger partial charge in [0.1, 0.15) is 11.3 Å². The van der Waals surface area contributed by atoms with Crippen LogP contribution in [0.4, 0.5) is 10.9 Å². The Labute approximate surface area is 159 Å². The summed E-state index contributed by atoms with van der Waals surface area (Å²) < 4.78 is 1.88. The van der Waals surface area contributed by atoms with Gasteiger partial charge < -0.3 is 4.90 Å². The number of nitrogens with zero attached hydrogens (tertiary/aromatic N) is 8. The van der Waals surface area contributed by atoms with Crippen LogP contribution < -0.4 is 10.2 Å². The van der Waals surface area contributed by atoms with Crippen LogP contribution in [0.3, 0.4) is 0 Å². The summed E-state index contributed by atoms with van der Waals surface area (Å²) >= 11 is 1.32. The van der Waals surface area contributed by atoms with E-state index in [1.807, 2.05) is 16.6 Å². The summed E-state index contributed by atoms with van der Waals surface area (Å²) in [5.74, 6) is 2.35. The lowest BCUT2D eigenvalue weighted by Crippen LogP contribution is -2.49. The second-order valence-electron chi connectivity index (χ2n) is 6.85. The predicted molar refractivity (Wildman–Crippen MR) is 99.9 cm³/mol. The molecule has 0 radical (unpaired) electrons. The lowest BCUT2D eigenvalue weighted by atomic mass is 10.3. The van der Waals surface area contributed by atoms with E-state index in [2.05, 4.69) is 35.5 Å². The number of piperazine rings is 1. The average Bonchev–Trinajstić information content (AvgIpc) is 3.23. The van der Waals surface area contributed by atoms with Crippen molar-refractivity contribution in [3.8, 4) is 0 Å². The van der Waals surface area contributed by atoms with Crippen LogP contribution >= 0.6 is 11.3 Å². The van der Waals surface area contributed by atoms with Crippen LogP contribution in [-0.4, -0.2) is 73.5 Å². The third kappa shape index (κ3) is 3.47. The number of hydrogen-bond donors (Lipinski definition) is 1. The Morgan fingerprint density at radius 2 is 2.00 bits per heavy atom. The Hall–Kier alpha value is -2.66. The number of amides is 1. The molecule has 1 aliphatic heterocycles. The molecule has 140 valence electrons. The SMILES string of the molecule is O=C(CN1CCN(c2ccc3nnc(C4CC4)n3n2)CC1)Nc1nncs1. The zero-order chi connectivity index (χ0) is 18.2. The van der Waals surface area contributed by atoms with Crippen LogP contribution in [0.25, 0.3) is 5.65 Å². The molecule has 4 heterocycles. The molecular weight excluding hydrogens is 366 g/mol. The minimum Gasteiger partial charge on any atom is -0.353 e. The van der Waals surface area contributed by atoms with E-state index in [0.29, 0.717) is 17.6 Å². The van der Waals surface area contributed by atoms with Crippen LogP contribution in [0.5, 0.6) is 0 Å². The highest BCUT2D eigenvalue weighted by Crippen LogP contribution is 2.38. The standard InChI is InChI=1S/C16H19N9OS/c26-14(18-16-21-17-10-27-16)9-23-5-7-24(8-6-23)13-4-3-12-19-20-15(11-1-2-11)25(12)22-13/h3-4,10-11H,1-2,5-9H2,(H,18,21,26). The number of rotatable bonds is 5. The first-order valence-corrected chi connectivity index (χ1v) is 9.90. The summed E-state index contributed by atoms with van der Waals surface area (Å²) in [6, 6.07) is 3.97. The van der Waals surface area contributed by atoms with E-state index in [1.165, 1.54) is 24.2 Å². The van der Waals surface area contributed by atoms with Crippen LogP contribution in [0, 0.1) is 0 Å². The fraction of sp³-hybridized carbons (Fsp3) is 0.500. The van der Waals surface area contributed by atoms with Gasteiger partial charge >= 0.3 is 0 Å². The largest absolute Gasteiger partial charge is 0.353 e. The summed E-state index contributed by atoms with van der Waals surface area (Å²) in [5, 5.41) is 24.1. The fourth-order valence-corrected chi connectivity index (χ4v) is 3.75. The average molecular weight is 385 g/mol. The molecule has 1 aliphatic carbocycles. The molecule has 1 N–H and O–H groups in total. The van der Waals surface area contributed by atoms with Crippen LogP contribution in [0.15, 0.2) is 17.6 Å². The number of nitrogens with one attached hydrogen (secondary N) is 1. The maximum atomic E-state index is 12.1. The van der Waals surface area contributed by atoms with Crippen molar-refractivity contribution >= 4 is 33.8 Å². The summed E-state index contributed by atoms with van der Waals surface area (Å²) in [6.45, 7) is 3.62. The first-order valence-electron chi connectivity index (χ1n) is 9.02. The van der Waals surface area contributed by atoms with Crippen molar-refractivity contribution in [2.75, 3.05) is 42.9 Å². The summed E-state index contributed by atoms with van der Waals surface area (Å²) in [4.78, 5) is 16.5. The molecule has 5 rings (SSSR count). The van der Waals surface area contributed by atoms with Gasteiger partial charge in [0.15, 0.2) is 11.5 Å². The molecule has 27 heavy (non-hydrogen) atoms. The molecule has 3 aromatic rings. The zero-order valence-corrected chi connectivity index (χ0v) is 15.5. The maximum absolute atomic E-state index is 12.1.